The topological polar surface area (TPSA) is 274 Å². The lowest BCUT2D eigenvalue weighted by Gasteiger charge is -2.53. The van der Waals surface area contributed by atoms with E-state index in [1.807, 2.05) is 15.2 Å². The summed E-state index contributed by atoms with van der Waals surface area (Å²) in [6.45, 7) is 34.0. The molecule has 0 aromatic rings. The van der Waals surface area contributed by atoms with Gasteiger partial charge in [0.1, 0.15) is 0 Å². The largest absolute Gasteiger partial charge is 0.480 e. The van der Waals surface area contributed by atoms with Crippen molar-refractivity contribution < 1.29 is 74.9 Å². The van der Waals surface area contributed by atoms with Crippen molar-refractivity contribution in [2.75, 3.05) is 39.5 Å². The fourth-order valence-electron chi connectivity index (χ4n) is 9.09. The molecule has 0 spiro atoms. The number of nitrogens with zero attached hydrogens (tertiary/aromatic N) is 4. The van der Waals surface area contributed by atoms with E-state index in [1.54, 1.807) is 41.5 Å². The molecular formula is C45H90N4O15. The Hall–Kier alpha value is -2.11. The molecule has 64 heavy (non-hydrogen) atoms. The second-order valence-electron chi connectivity index (χ2n) is 23.5. The van der Waals surface area contributed by atoms with Crippen molar-refractivity contribution in [2.45, 2.75) is 232 Å². The standard InChI is InChI=1S/3C13H27NO3.C6H9NO6/c3*1-11(2)7-10(15)8-12(3,4)14(11)17-9-13(5,6)16;8-4(9)1-7(2-5(10)11)3-6(12)13/h3*10,15-16H,7-9H2,1-6H3;1-3H2,(H,8,9)(H,10,11)(H,12,13). The number of carbonyl (C=O) groups is 3. The quantitative estimate of drug-likeness (QED) is 0.113. The number of hydroxylamine groups is 6. The predicted molar refractivity (Wildman–Crippen MR) is 242 cm³/mol. The van der Waals surface area contributed by atoms with Gasteiger partial charge in [0.2, 0.25) is 0 Å². The summed E-state index contributed by atoms with van der Waals surface area (Å²) in [7, 11) is 0. The van der Waals surface area contributed by atoms with E-state index >= 15 is 0 Å². The zero-order chi connectivity index (χ0) is 50.9. The number of piperidine rings is 3. The van der Waals surface area contributed by atoms with Crippen LogP contribution in [0, 0.1) is 0 Å². The van der Waals surface area contributed by atoms with Crippen molar-refractivity contribution in [1.82, 2.24) is 20.1 Å². The summed E-state index contributed by atoms with van der Waals surface area (Å²) in [5.74, 6) is -3.78. The lowest BCUT2D eigenvalue weighted by molar-refractivity contribution is -0.306. The lowest BCUT2D eigenvalue weighted by atomic mass is 9.80. The van der Waals surface area contributed by atoms with Crippen LogP contribution in [0.15, 0.2) is 0 Å². The Balaban J connectivity index is 0.000000832. The smallest absolute Gasteiger partial charge is 0.317 e. The van der Waals surface area contributed by atoms with Crippen molar-refractivity contribution in [3.63, 3.8) is 0 Å². The molecule has 3 heterocycles. The van der Waals surface area contributed by atoms with Crippen LogP contribution in [0.3, 0.4) is 0 Å². The van der Waals surface area contributed by atoms with Crippen LogP contribution in [0.25, 0.3) is 0 Å². The van der Waals surface area contributed by atoms with Gasteiger partial charge in [0.05, 0.1) is 74.6 Å². The molecule has 0 saturated carbocycles. The third-order valence-corrected chi connectivity index (χ3v) is 10.4. The molecule has 0 bridgehead atoms. The maximum absolute atomic E-state index is 10.1. The molecule has 0 atom stereocenters. The number of rotatable bonds is 15. The minimum Gasteiger partial charge on any atom is -0.480 e. The van der Waals surface area contributed by atoms with Crippen molar-refractivity contribution in [2.24, 2.45) is 0 Å². The fraction of sp³-hybridized carbons (Fsp3) is 0.933. The van der Waals surface area contributed by atoms with Gasteiger partial charge in [-0.25, -0.2) is 0 Å². The Morgan fingerprint density at radius 1 is 0.438 bits per heavy atom. The summed E-state index contributed by atoms with van der Waals surface area (Å²) in [5.41, 5.74) is -3.91. The van der Waals surface area contributed by atoms with Crippen LogP contribution >= 0.6 is 0 Å². The van der Waals surface area contributed by atoms with Crippen LogP contribution in [-0.2, 0) is 28.9 Å². The first-order valence-corrected chi connectivity index (χ1v) is 22.1. The highest BCUT2D eigenvalue weighted by Crippen LogP contribution is 2.41. The summed E-state index contributed by atoms with van der Waals surface area (Å²) in [5, 5.41) is 89.6. The van der Waals surface area contributed by atoms with Crippen LogP contribution in [0.2, 0.25) is 0 Å². The van der Waals surface area contributed by atoms with Crippen LogP contribution in [-0.4, -0.2) is 192 Å². The maximum Gasteiger partial charge on any atom is 0.317 e. The first-order valence-electron chi connectivity index (χ1n) is 22.1. The molecule has 3 aliphatic rings. The van der Waals surface area contributed by atoms with Crippen LogP contribution in [0.1, 0.15) is 163 Å². The molecule has 19 nitrogen and oxygen atoms in total. The minimum absolute atomic E-state index is 0.230. The Morgan fingerprint density at radius 2 is 0.594 bits per heavy atom. The van der Waals surface area contributed by atoms with Gasteiger partial charge >= 0.3 is 17.9 Å². The van der Waals surface area contributed by atoms with Crippen molar-refractivity contribution in [3.8, 4) is 0 Å². The van der Waals surface area contributed by atoms with Crippen molar-refractivity contribution in [3.05, 3.63) is 0 Å². The number of aliphatic hydroxyl groups is 6. The molecule has 19 heteroatoms. The van der Waals surface area contributed by atoms with Gasteiger partial charge < -0.3 is 46.0 Å². The minimum atomic E-state index is -1.26. The molecule has 3 rings (SSSR count). The lowest BCUT2D eigenvalue weighted by Crippen LogP contribution is -2.62. The molecule has 0 radical (unpaired) electrons. The first-order chi connectivity index (χ1) is 28.2. The molecule has 3 saturated heterocycles. The van der Waals surface area contributed by atoms with E-state index < -0.39 is 54.3 Å². The van der Waals surface area contributed by atoms with Crippen LogP contribution in [0.5, 0.6) is 0 Å². The highest BCUT2D eigenvalue weighted by atomic mass is 16.7. The second-order valence-corrected chi connectivity index (χ2v) is 23.5. The van der Waals surface area contributed by atoms with Crippen molar-refractivity contribution >= 4 is 17.9 Å². The fourth-order valence-corrected chi connectivity index (χ4v) is 9.09. The molecule has 3 aliphatic heterocycles. The average Bonchev–Trinajstić information content (AvgIpc) is 2.95. The third-order valence-electron chi connectivity index (χ3n) is 10.4. The van der Waals surface area contributed by atoms with Gasteiger partial charge in [0.15, 0.2) is 0 Å². The number of hydrogen-bond donors (Lipinski definition) is 9. The highest BCUT2D eigenvalue weighted by Gasteiger charge is 2.49. The summed E-state index contributed by atoms with van der Waals surface area (Å²) >= 11 is 0. The van der Waals surface area contributed by atoms with E-state index in [2.05, 4.69) is 83.1 Å². The Bertz CT molecular complexity index is 1240. The van der Waals surface area contributed by atoms with Gasteiger partial charge in [0.25, 0.3) is 0 Å². The highest BCUT2D eigenvalue weighted by molar-refractivity contribution is 5.75. The Morgan fingerprint density at radius 3 is 0.719 bits per heavy atom. The van der Waals surface area contributed by atoms with Gasteiger partial charge in [-0.2, -0.15) is 15.2 Å². The van der Waals surface area contributed by atoms with Gasteiger partial charge in [-0.1, -0.05) is 0 Å². The van der Waals surface area contributed by atoms with E-state index in [9.17, 15) is 45.0 Å². The molecule has 0 aromatic carbocycles. The molecule has 9 N–H and O–H groups in total. The zero-order valence-electron chi connectivity index (χ0n) is 42.5. The average molecular weight is 927 g/mol. The normalized spacial score (nSPS) is 22.8. The number of carboxylic acid groups (broad SMARTS) is 3. The number of hydrogen-bond acceptors (Lipinski definition) is 16. The first kappa shape index (κ1) is 61.9. The summed E-state index contributed by atoms with van der Waals surface area (Å²) in [6, 6.07) is 0. The Kier molecular flexibility index (Phi) is 22.5. The molecule has 3 fully saturated rings. The van der Waals surface area contributed by atoms with E-state index in [4.69, 9.17) is 29.8 Å². The van der Waals surface area contributed by atoms with Crippen LogP contribution < -0.4 is 0 Å². The summed E-state index contributed by atoms with van der Waals surface area (Å²) in [4.78, 5) is 48.6. The number of aliphatic hydroxyl groups excluding tert-OH is 3. The monoisotopic (exact) mass is 927 g/mol. The molecule has 0 aliphatic carbocycles. The van der Waals surface area contributed by atoms with Gasteiger partial charge in [-0.15, -0.1) is 0 Å². The van der Waals surface area contributed by atoms with Crippen LogP contribution in [0.4, 0.5) is 0 Å². The summed E-state index contributed by atoms with van der Waals surface area (Å²) in [6.07, 6.45) is 3.23. The molecule has 380 valence electrons. The SMILES string of the molecule is CC(C)(O)CON1C(C)(C)CC(O)CC1(C)C.CC(C)(O)CON1C(C)(C)CC(O)CC1(C)C.CC(C)(O)CON1C(C)(C)CC(O)CC1(C)C.O=C(O)CN(CC(=O)O)CC(=O)O. The molecule has 0 aromatic heterocycles. The van der Waals surface area contributed by atoms with E-state index in [1.165, 1.54) is 0 Å². The Labute approximate surface area is 383 Å². The molecule has 0 amide bonds. The maximum atomic E-state index is 10.1. The number of aliphatic carboxylic acids is 3. The van der Waals surface area contributed by atoms with E-state index in [0.717, 1.165) is 4.90 Å². The zero-order valence-corrected chi connectivity index (χ0v) is 42.5. The summed E-state index contributed by atoms with van der Waals surface area (Å²) < 4.78 is 0. The predicted octanol–water partition coefficient (Wildman–Crippen LogP) is 3.65. The molecular weight excluding hydrogens is 837 g/mol. The van der Waals surface area contributed by atoms with Gasteiger partial charge in [-0.3, -0.25) is 33.8 Å². The third kappa shape index (κ3) is 23.6. The van der Waals surface area contributed by atoms with E-state index in [-0.39, 0.29) is 71.4 Å². The van der Waals surface area contributed by atoms with Crippen molar-refractivity contribution in [1.29, 1.82) is 0 Å². The van der Waals surface area contributed by atoms with E-state index in [0.29, 0.717) is 38.5 Å². The molecule has 0 unspecified atom stereocenters. The second kappa shape index (κ2) is 23.3. The van der Waals surface area contributed by atoms with Gasteiger partial charge in [-0.05, 0) is 163 Å². The number of carboxylic acids is 3. The van der Waals surface area contributed by atoms with Gasteiger partial charge in [0, 0.05) is 33.2 Å².